The predicted molar refractivity (Wildman–Crippen MR) is 114 cm³/mol. The van der Waals surface area contributed by atoms with Crippen LogP contribution in [0.25, 0.3) is 0 Å². The van der Waals surface area contributed by atoms with Crippen molar-refractivity contribution in [3.05, 3.63) is 59.7 Å². The maximum atomic E-state index is 12.7. The molecule has 2 atom stereocenters. The number of anilines is 1. The van der Waals surface area contributed by atoms with Crippen LogP contribution in [0.3, 0.4) is 0 Å². The van der Waals surface area contributed by atoms with Crippen molar-refractivity contribution in [2.75, 3.05) is 32.6 Å². The summed E-state index contributed by atoms with van der Waals surface area (Å²) >= 11 is 0. The van der Waals surface area contributed by atoms with Gasteiger partial charge in [0, 0.05) is 31.7 Å². The number of fused-ring (bicyclic) bond motifs is 1. The molecule has 0 aliphatic carbocycles. The number of nitrogens with zero attached hydrogens (tertiary/aromatic N) is 2. The monoisotopic (exact) mass is 381 g/mol. The Kier molecular flexibility index (Phi) is 6.57. The lowest BCUT2D eigenvalue weighted by molar-refractivity contribution is -0.122. The Balaban J connectivity index is 1.56. The molecule has 0 saturated carbocycles. The number of amides is 1. The first-order chi connectivity index (χ1) is 13.4. The van der Waals surface area contributed by atoms with E-state index in [1.54, 1.807) is 12.1 Å². The van der Waals surface area contributed by atoms with Gasteiger partial charge in [-0.2, -0.15) is 0 Å². The Bertz CT molecular complexity index is 789. The van der Waals surface area contributed by atoms with Crippen LogP contribution in [0.2, 0.25) is 0 Å². The molecule has 28 heavy (non-hydrogen) atoms. The minimum Gasteiger partial charge on any atom is -0.508 e. The highest BCUT2D eigenvalue weighted by Crippen LogP contribution is 2.32. The Hall–Kier alpha value is -2.53. The Morgan fingerprint density at radius 3 is 2.64 bits per heavy atom. The summed E-state index contributed by atoms with van der Waals surface area (Å²) < 4.78 is 0. The maximum absolute atomic E-state index is 12.7. The van der Waals surface area contributed by atoms with Crippen molar-refractivity contribution in [2.45, 2.75) is 37.8 Å². The van der Waals surface area contributed by atoms with Gasteiger partial charge in [-0.1, -0.05) is 30.3 Å². The number of hydrogen-bond donors (Lipinski definition) is 2. The van der Waals surface area contributed by atoms with Gasteiger partial charge in [-0.05, 0) is 62.7 Å². The molecule has 2 N–H and O–H groups in total. The van der Waals surface area contributed by atoms with Gasteiger partial charge in [0.25, 0.3) is 0 Å². The normalized spacial score (nSPS) is 17.3. The van der Waals surface area contributed by atoms with E-state index in [-0.39, 0.29) is 23.7 Å². The lowest BCUT2D eigenvalue weighted by Gasteiger charge is -2.33. The number of rotatable bonds is 7. The van der Waals surface area contributed by atoms with E-state index in [4.69, 9.17) is 0 Å². The summed E-state index contributed by atoms with van der Waals surface area (Å²) in [7, 11) is 6.20. The second kappa shape index (κ2) is 9.11. The van der Waals surface area contributed by atoms with Crippen LogP contribution in [-0.4, -0.2) is 49.6 Å². The summed E-state index contributed by atoms with van der Waals surface area (Å²) in [6, 6.07) is 16.0. The molecular formula is C23H31N3O2. The number of hydrogen-bond acceptors (Lipinski definition) is 4. The van der Waals surface area contributed by atoms with Crippen LogP contribution in [0.5, 0.6) is 5.75 Å². The van der Waals surface area contributed by atoms with Crippen LogP contribution in [-0.2, 0) is 11.2 Å². The van der Waals surface area contributed by atoms with Crippen LogP contribution >= 0.6 is 0 Å². The number of phenols is 1. The van der Waals surface area contributed by atoms with Gasteiger partial charge < -0.3 is 20.2 Å². The third-order valence-electron chi connectivity index (χ3n) is 5.65. The van der Waals surface area contributed by atoms with Crippen LogP contribution in [0.15, 0.2) is 48.5 Å². The molecule has 2 aromatic rings. The van der Waals surface area contributed by atoms with Crippen molar-refractivity contribution in [2.24, 2.45) is 0 Å². The predicted octanol–water partition coefficient (Wildman–Crippen LogP) is 3.34. The van der Waals surface area contributed by atoms with E-state index in [0.29, 0.717) is 6.42 Å². The zero-order valence-electron chi connectivity index (χ0n) is 17.1. The first-order valence-electron chi connectivity index (χ1n) is 9.98. The van der Waals surface area contributed by atoms with Crippen LogP contribution in [0.4, 0.5) is 5.69 Å². The standard InChI is InChI=1S/C23H31N3O2/c1-25(2)18(16-17-8-11-19(27)12-9-17)10-13-23(28)24-21-14-15-26(3)22-7-5-4-6-20(21)22/h4-9,11-12,18,21,27H,10,13-16H2,1-3H3,(H,24,28)/t18-,21?/m1/s1. The average molecular weight is 382 g/mol. The largest absolute Gasteiger partial charge is 0.508 e. The van der Waals surface area contributed by atoms with E-state index in [1.165, 1.54) is 16.8 Å². The van der Waals surface area contributed by atoms with Gasteiger partial charge in [-0.25, -0.2) is 0 Å². The number of para-hydroxylation sites is 1. The van der Waals surface area contributed by atoms with E-state index in [9.17, 15) is 9.90 Å². The number of benzene rings is 2. The molecule has 1 amide bonds. The second-order valence-electron chi connectivity index (χ2n) is 7.92. The minimum absolute atomic E-state index is 0.0924. The van der Waals surface area contributed by atoms with Crippen molar-refractivity contribution < 1.29 is 9.90 Å². The number of likely N-dealkylation sites (N-methyl/N-ethyl adjacent to an activating group) is 1. The molecule has 1 unspecified atom stereocenters. The number of phenolic OH excluding ortho intramolecular Hbond substituents is 1. The summed E-state index contributed by atoms with van der Waals surface area (Å²) in [4.78, 5) is 17.1. The van der Waals surface area contributed by atoms with Crippen molar-refractivity contribution >= 4 is 11.6 Å². The number of aromatic hydroxyl groups is 1. The number of nitrogens with one attached hydrogen (secondary N) is 1. The number of carbonyl (C=O) groups is 1. The summed E-state index contributed by atoms with van der Waals surface area (Å²) in [6.07, 6.45) is 3.10. The first-order valence-corrected chi connectivity index (χ1v) is 9.98. The highest BCUT2D eigenvalue weighted by Gasteiger charge is 2.24. The smallest absolute Gasteiger partial charge is 0.220 e. The minimum atomic E-state index is 0.0924. The van der Waals surface area contributed by atoms with E-state index in [2.05, 4.69) is 48.4 Å². The number of carbonyl (C=O) groups excluding carboxylic acids is 1. The lowest BCUT2D eigenvalue weighted by atomic mass is 9.96. The second-order valence-corrected chi connectivity index (χ2v) is 7.92. The van der Waals surface area contributed by atoms with Gasteiger partial charge in [0.1, 0.15) is 5.75 Å². The summed E-state index contributed by atoms with van der Waals surface area (Å²) in [5.74, 6) is 0.393. The molecule has 0 spiro atoms. The highest BCUT2D eigenvalue weighted by molar-refractivity contribution is 5.77. The Labute approximate surface area is 168 Å². The molecule has 0 radical (unpaired) electrons. The molecule has 1 aliphatic rings. The fourth-order valence-corrected chi connectivity index (χ4v) is 3.89. The molecule has 5 nitrogen and oxygen atoms in total. The highest BCUT2D eigenvalue weighted by atomic mass is 16.3. The lowest BCUT2D eigenvalue weighted by Crippen LogP contribution is -2.37. The zero-order valence-corrected chi connectivity index (χ0v) is 17.1. The fraction of sp³-hybridized carbons (Fsp3) is 0.435. The van der Waals surface area contributed by atoms with Gasteiger partial charge in [-0.15, -0.1) is 0 Å². The third kappa shape index (κ3) is 5.04. The van der Waals surface area contributed by atoms with Crippen LogP contribution < -0.4 is 10.2 Å². The van der Waals surface area contributed by atoms with Gasteiger partial charge in [0.2, 0.25) is 5.91 Å². The molecule has 150 valence electrons. The van der Waals surface area contributed by atoms with E-state index in [1.807, 2.05) is 24.3 Å². The van der Waals surface area contributed by atoms with E-state index < -0.39 is 0 Å². The molecule has 0 fully saturated rings. The van der Waals surface area contributed by atoms with E-state index >= 15 is 0 Å². The molecule has 0 aromatic heterocycles. The SMILES string of the molecule is CN1CCC(NC(=O)CC[C@H](Cc2ccc(O)cc2)N(C)C)c2ccccc21. The summed E-state index contributed by atoms with van der Waals surface area (Å²) in [5, 5.41) is 12.7. The maximum Gasteiger partial charge on any atom is 0.220 e. The van der Waals surface area contributed by atoms with Crippen molar-refractivity contribution in [1.82, 2.24) is 10.2 Å². The van der Waals surface area contributed by atoms with Gasteiger partial charge >= 0.3 is 0 Å². The summed E-state index contributed by atoms with van der Waals surface area (Å²) in [5.41, 5.74) is 3.58. The zero-order chi connectivity index (χ0) is 20.1. The first kappa shape index (κ1) is 20.2. The molecular weight excluding hydrogens is 350 g/mol. The molecule has 3 rings (SSSR count). The van der Waals surface area contributed by atoms with Crippen LogP contribution in [0, 0.1) is 0 Å². The Morgan fingerprint density at radius 2 is 1.93 bits per heavy atom. The topological polar surface area (TPSA) is 55.8 Å². The van der Waals surface area contributed by atoms with Gasteiger partial charge in [0.05, 0.1) is 6.04 Å². The van der Waals surface area contributed by atoms with E-state index in [0.717, 1.165) is 25.8 Å². The Morgan fingerprint density at radius 1 is 1.21 bits per heavy atom. The van der Waals surface area contributed by atoms with Crippen molar-refractivity contribution in [3.8, 4) is 5.75 Å². The molecule has 0 bridgehead atoms. The molecule has 1 heterocycles. The quantitative estimate of drug-likeness (QED) is 0.772. The molecule has 5 heteroatoms. The fourth-order valence-electron chi connectivity index (χ4n) is 3.89. The molecule has 2 aromatic carbocycles. The van der Waals surface area contributed by atoms with Gasteiger partial charge in [-0.3, -0.25) is 4.79 Å². The third-order valence-corrected chi connectivity index (χ3v) is 5.65. The summed E-state index contributed by atoms with van der Waals surface area (Å²) in [6.45, 7) is 0.948. The molecule has 1 aliphatic heterocycles. The van der Waals surface area contributed by atoms with Crippen molar-refractivity contribution in [1.29, 1.82) is 0 Å². The average Bonchev–Trinajstić information content (AvgIpc) is 2.69. The van der Waals surface area contributed by atoms with Crippen LogP contribution in [0.1, 0.15) is 36.4 Å². The molecule has 0 saturated heterocycles. The van der Waals surface area contributed by atoms with Gasteiger partial charge in [0.15, 0.2) is 0 Å². The van der Waals surface area contributed by atoms with Crippen molar-refractivity contribution in [3.63, 3.8) is 0 Å².